The number of nitrogens with one attached hydrogen (secondary N) is 2. The van der Waals surface area contributed by atoms with Gasteiger partial charge in [-0.3, -0.25) is 4.72 Å². The van der Waals surface area contributed by atoms with Crippen LogP contribution in [-0.2, 0) is 16.6 Å². The molecule has 2 aromatic rings. The molecule has 0 aliphatic heterocycles. The van der Waals surface area contributed by atoms with Crippen molar-refractivity contribution >= 4 is 21.4 Å². The summed E-state index contributed by atoms with van der Waals surface area (Å²) in [6.07, 6.45) is 1.85. The van der Waals surface area contributed by atoms with E-state index in [2.05, 4.69) is 15.0 Å². The minimum absolute atomic E-state index is 0.144. The van der Waals surface area contributed by atoms with Crippen molar-refractivity contribution in [2.75, 3.05) is 22.9 Å². The number of nitrogens with zero attached hydrogens (tertiary/aromatic N) is 1. The van der Waals surface area contributed by atoms with Gasteiger partial charge in [0.15, 0.2) is 5.82 Å². The van der Waals surface area contributed by atoms with Crippen LogP contribution in [0.4, 0.5) is 20.2 Å². The van der Waals surface area contributed by atoms with E-state index >= 15 is 0 Å². The average Bonchev–Trinajstić information content (AvgIpc) is 2.58. The largest absolute Gasteiger partial charge is 0.481 e. The summed E-state index contributed by atoms with van der Waals surface area (Å²) < 4.78 is 59.1. The van der Waals surface area contributed by atoms with E-state index in [1.54, 1.807) is 19.1 Å². The first-order valence-corrected chi connectivity index (χ1v) is 9.22. The van der Waals surface area contributed by atoms with E-state index in [1.165, 1.54) is 13.3 Å². The molecule has 9 heteroatoms. The van der Waals surface area contributed by atoms with Gasteiger partial charge >= 0.3 is 0 Å². The van der Waals surface area contributed by atoms with Gasteiger partial charge in [-0.2, -0.15) is 0 Å². The molecule has 0 fully saturated rings. The van der Waals surface area contributed by atoms with E-state index in [4.69, 9.17) is 4.74 Å². The Morgan fingerprint density at radius 1 is 1.20 bits per heavy atom. The number of sulfonamides is 1. The molecule has 0 saturated heterocycles. The summed E-state index contributed by atoms with van der Waals surface area (Å²) in [6.45, 7) is 1.52. The Hall–Kier alpha value is -2.42. The molecule has 0 amide bonds. The summed E-state index contributed by atoms with van der Waals surface area (Å²) in [5, 5.41) is 2.83. The molecule has 0 saturated carbocycles. The maximum absolute atomic E-state index is 14.5. The van der Waals surface area contributed by atoms with Gasteiger partial charge in [0, 0.05) is 18.2 Å². The van der Waals surface area contributed by atoms with Crippen molar-refractivity contribution in [2.24, 2.45) is 0 Å². The lowest BCUT2D eigenvalue weighted by molar-refractivity contribution is 0.398. The highest BCUT2D eigenvalue weighted by molar-refractivity contribution is 7.92. The summed E-state index contributed by atoms with van der Waals surface area (Å²) in [5.41, 5.74) is -0.0106. The van der Waals surface area contributed by atoms with Gasteiger partial charge < -0.3 is 10.1 Å². The SMILES string of the molecule is CCCS(=O)(=O)Nc1ccc(F)c(CNc2ccc(OC)nc2)c1F. The molecule has 6 nitrogen and oxygen atoms in total. The molecule has 0 unspecified atom stereocenters. The van der Waals surface area contributed by atoms with Crippen LogP contribution in [0.5, 0.6) is 5.88 Å². The molecule has 0 radical (unpaired) electrons. The zero-order valence-corrected chi connectivity index (χ0v) is 14.7. The van der Waals surface area contributed by atoms with Crippen LogP contribution in [0.3, 0.4) is 0 Å². The molecule has 1 heterocycles. The Kier molecular flexibility index (Phi) is 6.13. The third kappa shape index (κ3) is 5.02. The van der Waals surface area contributed by atoms with Crippen molar-refractivity contribution in [3.63, 3.8) is 0 Å². The Labute approximate surface area is 145 Å². The summed E-state index contributed by atoms with van der Waals surface area (Å²) >= 11 is 0. The number of methoxy groups -OCH3 is 1. The lowest BCUT2D eigenvalue weighted by Gasteiger charge is -2.13. The molecule has 1 aromatic carbocycles. The molecule has 0 aliphatic carbocycles. The molecule has 136 valence electrons. The Morgan fingerprint density at radius 3 is 2.56 bits per heavy atom. The number of hydrogen-bond acceptors (Lipinski definition) is 5. The fraction of sp³-hybridized carbons (Fsp3) is 0.312. The van der Waals surface area contributed by atoms with Gasteiger partial charge in [-0.05, 0) is 24.6 Å². The highest BCUT2D eigenvalue weighted by Crippen LogP contribution is 2.23. The van der Waals surface area contributed by atoms with E-state index in [0.717, 1.165) is 12.1 Å². The first-order valence-electron chi connectivity index (χ1n) is 7.57. The van der Waals surface area contributed by atoms with Crippen LogP contribution < -0.4 is 14.8 Å². The van der Waals surface area contributed by atoms with Crippen molar-refractivity contribution in [1.29, 1.82) is 0 Å². The van der Waals surface area contributed by atoms with Crippen molar-refractivity contribution in [1.82, 2.24) is 4.98 Å². The van der Waals surface area contributed by atoms with Crippen molar-refractivity contribution in [3.05, 3.63) is 47.7 Å². The van der Waals surface area contributed by atoms with E-state index in [1.807, 2.05) is 0 Å². The van der Waals surface area contributed by atoms with Crippen LogP contribution in [-0.4, -0.2) is 26.3 Å². The first kappa shape index (κ1) is 18.9. The second-order valence-corrected chi connectivity index (χ2v) is 7.09. The summed E-state index contributed by atoms with van der Waals surface area (Å²) in [7, 11) is -2.19. The second-order valence-electron chi connectivity index (χ2n) is 5.25. The minimum atomic E-state index is -3.67. The van der Waals surface area contributed by atoms with Gasteiger partial charge in [-0.25, -0.2) is 22.2 Å². The van der Waals surface area contributed by atoms with Crippen molar-refractivity contribution < 1.29 is 21.9 Å². The maximum Gasteiger partial charge on any atom is 0.232 e. The molecule has 1 aromatic heterocycles. The van der Waals surface area contributed by atoms with Crippen LogP contribution in [0.2, 0.25) is 0 Å². The number of benzene rings is 1. The fourth-order valence-electron chi connectivity index (χ4n) is 2.12. The van der Waals surface area contributed by atoms with Crippen molar-refractivity contribution in [2.45, 2.75) is 19.9 Å². The minimum Gasteiger partial charge on any atom is -0.481 e. The fourth-order valence-corrected chi connectivity index (χ4v) is 3.25. The third-order valence-electron chi connectivity index (χ3n) is 3.34. The lowest BCUT2D eigenvalue weighted by atomic mass is 10.1. The second kappa shape index (κ2) is 8.11. The Bertz CT molecular complexity index is 827. The van der Waals surface area contributed by atoms with Gasteiger partial charge in [-0.1, -0.05) is 6.92 Å². The smallest absolute Gasteiger partial charge is 0.232 e. The molecule has 0 atom stereocenters. The molecule has 2 N–H and O–H groups in total. The van der Waals surface area contributed by atoms with Gasteiger partial charge in [0.1, 0.15) is 5.82 Å². The number of halogens is 2. The number of pyridine rings is 1. The van der Waals surface area contributed by atoms with Gasteiger partial charge in [0.2, 0.25) is 15.9 Å². The predicted octanol–water partition coefficient (Wildman–Crippen LogP) is 3.13. The van der Waals surface area contributed by atoms with Crippen LogP contribution in [0.25, 0.3) is 0 Å². The molecular formula is C16H19F2N3O3S. The average molecular weight is 371 g/mol. The van der Waals surface area contributed by atoms with E-state index in [0.29, 0.717) is 18.0 Å². The van der Waals surface area contributed by atoms with Gasteiger partial charge in [-0.15, -0.1) is 0 Å². The molecule has 0 spiro atoms. The number of ether oxygens (including phenoxy) is 1. The van der Waals surface area contributed by atoms with Gasteiger partial charge in [0.25, 0.3) is 0 Å². The number of aromatic nitrogens is 1. The van der Waals surface area contributed by atoms with Crippen LogP contribution >= 0.6 is 0 Å². The number of anilines is 2. The molecular weight excluding hydrogens is 352 g/mol. The van der Waals surface area contributed by atoms with E-state index < -0.39 is 21.7 Å². The Morgan fingerprint density at radius 2 is 1.96 bits per heavy atom. The third-order valence-corrected chi connectivity index (χ3v) is 4.82. The number of hydrogen-bond donors (Lipinski definition) is 2. The van der Waals surface area contributed by atoms with Crippen molar-refractivity contribution in [3.8, 4) is 5.88 Å². The van der Waals surface area contributed by atoms with Crippen LogP contribution in [0, 0.1) is 11.6 Å². The first-order chi connectivity index (χ1) is 11.9. The summed E-state index contributed by atoms with van der Waals surface area (Å²) in [6, 6.07) is 5.34. The van der Waals surface area contributed by atoms with E-state index in [-0.39, 0.29) is 23.5 Å². The molecule has 25 heavy (non-hydrogen) atoms. The van der Waals surface area contributed by atoms with E-state index in [9.17, 15) is 17.2 Å². The van der Waals surface area contributed by atoms with Crippen LogP contribution in [0.15, 0.2) is 30.5 Å². The summed E-state index contributed by atoms with van der Waals surface area (Å²) in [5.74, 6) is -1.46. The normalized spacial score (nSPS) is 11.2. The monoisotopic (exact) mass is 371 g/mol. The maximum atomic E-state index is 14.5. The lowest BCUT2D eigenvalue weighted by Crippen LogP contribution is -2.18. The Balaban J connectivity index is 2.18. The topological polar surface area (TPSA) is 80.3 Å². The molecule has 2 rings (SSSR count). The molecule has 0 aliphatic rings. The highest BCUT2D eigenvalue weighted by atomic mass is 32.2. The predicted molar refractivity (Wildman–Crippen MR) is 92.2 cm³/mol. The van der Waals surface area contributed by atoms with Crippen LogP contribution in [0.1, 0.15) is 18.9 Å². The quantitative estimate of drug-likeness (QED) is 0.745. The molecule has 0 bridgehead atoms. The standard InChI is InChI=1S/C16H19F2N3O3S/c1-3-8-25(22,23)21-14-6-5-13(17)12(16(14)18)10-19-11-4-7-15(24-2)20-9-11/h4-7,9,19,21H,3,8,10H2,1-2H3. The number of rotatable bonds is 8. The highest BCUT2D eigenvalue weighted by Gasteiger charge is 2.17. The summed E-state index contributed by atoms with van der Waals surface area (Å²) in [4.78, 5) is 3.98. The zero-order chi connectivity index (χ0) is 18.4. The van der Waals surface area contributed by atoms with Gasteiger partial charge in [0.05, 0.1) is 30.4 Å². The zero-order valence-electron chi connectivity index (χ0n) is 13.8.